The van der Waals surface area contributed by atoms with E-state index in [2.05, 4.69) is 9.97 Å². The average Bonchev–Trinajstić information content (AvgIpc) is 3.35. The Labute approximate surface area is 168 Å². The predicted molar refractivity (Wildman–Crippen MR) is 107 cm³/mol. The number of carbonyl (C=O) groups is 2. The monoisotopic (exact) mass is 404 g/mol. The van der Waals surface area contributed by atoms with Crippen LogP contribution >= 0.6 is 0 Å². The lowest BCUT2D eigenvalue weighted by Gasteiger charge is -2.20. The number of nitrogens with two attached hydrogens (primary N) is 3. The number of hydrogen-bond donors (Lipinski definition) is 6. The Morgan fingerprint density at radius 1 is 1.17 bits per heavy atom. The molecule has 0 aliphatic carbocycles. The zero-order valence-electron chi connectivity index (χ0n) is 16.1. The fourth-order valence-electron chi connectivity index (χ4n) is 3.07. The summed E-state index contributed by atoms with van der Waals surface area (Å²) < 4.78 is 0. The van der Waals surface area contributed by atoms with E-state index in [1.807, 2.05) is 24.3 Å². The molecule has 3 atom stereocenters. The van der Waals surface area contributed by atoms with Gasteiger partial charge in [-0.1, -0.05) is 24.3 Å². The van der Waals surface area contributed by atoms with Gasteiger partial charge in [-0.3, -0.25) is 15.4 Å². The normalized spacial score (nSPS) is 18.5. The Morgan fingerprint density at radius 2 is 1.83 bits per heavy atom. The quantitative estimate of drug-likeness (QED) is 0.350. The summed E-state index contributed by atoms with van der Waals surface area (Å²) >= 11 is 0. The lowest BCUT2D eigenvalue weighted by molar-refractivity contribution is -0.139. The number of carboxylic acids is 2. The molecule has 1 fully saturated rings. The zero-order chi connectivity index (χ0) is 21.4. The van der Waals surface area contributed by atoms with Crippen molar-refractivity contribution in [3.63, 3.8) is 0 Å². The van der Waals surface area contributed by atoms with E-state index in [4.69, 9.17) is 27.5 Å². The van der Waals surface area contributed by atoms with E-state index in [0.29, 0.717) is 12.8 Å². The number of benzene rings is 1. The maximum atomic E-state index is 10.6. The van der Waals surface area contributed by atoms with Gasteiger partial charge in [-0.2, -0.15) is 0 Å². The molecule has 1 aromatic heterocycles. The Balaban J connectivity index is 0.000000221. The molecule has 0 bridgehead atoms. The standard InChI is InChI=1S/C12H13N3O2.C7H15N3O2/c13-10(12(16)17)7-8-1-3-9(4-2-8)11-14-5-6-15-11;8-6(7(11)12)4-5-2-1-3-10(5)9/h1-6,10H,7,13H2,(H,14,15)(H,16,17);5-6H,1-4,8-9H2,(H,11,12)/t10-;/m0./s1. The summed E-state index contributed by atoms with van der Waals surface area (Å²) in [4.78, 5) is 28.2. The van der Waals surface area contributed by atoms with Crippen LogP contribution in [0, 0.1) is 0 Å². The molecule has 158 valence electrons. The lowest BCUT2D eigenvalue weighted by Crippen LogP contribution is -2.42. The van der Waals surface area contributed by atoms with Crippen molar-refractivity contribution in [1.82, 2.24) is 15.0 Å². The van der Waals surface area contributed by atoms with Gasteiger partial charge in [0.05, 0.1) is 0 Å². The van der Waals surface area contributed by atoms with Gasteiger partial charge in [-0.25, -0.2) is 9.99 Å². The molecule has 0 spiro atoms. The summed E-state index contributed by atoms with van der Waals surface area (Å²) in [5.74, 6) is 4.47. The molecule has 2 unspecified atom stereocenters. The van der Waals surface area contributed by atoms with Crippen LogP contribution < -0.4 is 17.3 Å². The molecule has 3 rings (SSSR count). The largest absolute Gasteiger partial charge is 0.480 e. The van der Waals surface area contributed by atoms with Crippen molar-refractivity contribution in [3.8, 4) is 11.4 Å². The van der Waals surface area contributed by atoms with Crippen molar-refractivity contribution in [2.75, 3.05) is 6.54 Å². The minimum atomic E-state index is -0.986. The van der Waals surface area contributed by atoms with Gasteiger partial charge in [0.1, 0.15) is 17.9 Å². The number of aromatic nitrogens is 2. The molecule has 2 aromatic rings. The van der Waals surface area contributed by atoms with Crippen LogP contribution in [0.2, 0.25) is 0 Å². The Bertz CT molecular complexity index is 781. The first kappa shape index (κ1) is 22.5. The van der Waals surface area contributed by atoms with Crippen LogP contribution in [0.1, 0.15) is 24.8 Å². The fourth-order valence-corrected chi connectivity index (χ4v) is 3.07. The topological polar surface area (TPSA) is 185 Å². The number of carboxylic acid groups (broad SMARTS) is 2. The van der Waals surface area contributed by atoms with E-state index in [1.165, 1.54) is 0 Å². The first-order valence-corrected chi connectivity index (χ1v) is 9.34. The van der Waals surface area contributed by atoms with E-state index in [1.54, 1.807) is 17.4 Å². The summed E-state index contributed by atoms with van der Waals surface area (Å²) in [7, 11) is 0. The van der Waals surface area contributed by atoms with Gasteiger partial charge >= 0.3 is 11.9 Å². The highest BCUT2D eigenvalue weighted by Crippen LogP contribution is 2.17. The minimum Gasteiger partial charge on any atom is -0.480 e. The highest BCUT2D eigenvalue weighted by atomic mass is 16.4. The maximum absolute atomic E-state index is 10.6. The third-order valence-corrected chi connectivity index (χ3v) is 4.76. The predicted octanol–water partition coefficient (Wildman–Crippen LogP) is 0.158. The molecule has 1 saturated heterocycles. The summed E-state index contributed by atoms with van der Waals surface area (Å²) in [6, 6.07) is 6.02. The number of aliphatic carboxylic acids is 2. The summed E-state index contributed by atoms with van der Waals surface area (Å²) in [6.45, 7) is 0.844. The molecular weight excluding hydrogens is 376 g/mol. The van der Waals surface area contributed by atoms with Gasteiger partial charge in [0.15, 0.2) is 0 Å². The summed E-state index contributed by atoms with van der Waals surface area (Å²) in [5, 5.41) is 18.9. The summed E-state index contributed by atoms with van der Waals surface area (Å²) in [6.07, 6.45) is 6.21. The van der Waals surface area contributed by atoms with E-state index in [-0.39, 0.29) is 6.04 Å². The molecule has 10 heteroatoms. The van der Waals surface area contributed by atoms with E-state index in [0.717, 1.165) is 36.3 Å². The molecular formula is C19H28N6O4. The molecule has 1 aliphatic heterocycles. The van der Waals surface area contributed by atoms with E-state index in [9.17, 15) is 9.59 Å². The number of hydrogen-bond acceptors (Lipinski definition) is 7. The van der Waals surface area contributed by atoms with Gasteiger partial charge in [-0.15, -0.1) is 0 Å². The van der Waals surface area contributed by atoms with Crippen LogP contribution in [0.5, 0.6) is 0 Å². The van der Waals surface area contributed by atoms with Gasteiger partial charge in [0, 0.05) is 30.5 Å². The van der Waals surface area contributed by atoms with Crippen molar-refractivity contribution in [3.05, 3.63) is 42.2 Å². The number of hydrazine groups is 1. The van der Waals surface area contributed by atoms with Crippen LogP contribution in [-0.4, -0.2) is 61.8 Å². The van der Waals surface area contributed by atoms with Crippen molar-refractivity contribution >= 4 is 11.9 Å². The van der Waals surface area contributed by atoms with Crippen molar-refractivity contribution in [2.24, 2.45) is 17.3 Å². The van der Waals surface area contributed by atoms with Crippen LogP contribution in [0.4, 0.5) is 0 Å². The van der Waals surface area contributed by atoms with Crippen molar-refractivity contribution < 1.29 is 19.8 Å². The van der Waals surface area contributed by atoms with E-state index < -0.39 is 24.0 Å². The lowest BCUT2D eigenvalue weighted by atomic mass is 10.0. The third-order valence-electron chi connectivity index (χ3n) is 4.76. The number of nitrogens with one attached hydrogen (secondary N) is 1. The zero-order valence-corrected chi connectivity index (χ0v) is 16.1. The number of aromatic amines is 1. The number of H-pyrrole nitrogens is 1. The van der Waals surface area contributed by atoms with Gasteiger partial charge in [-0.05, 0) is 31.2 Å². The molecule has 1 aliphatic rings. The van der Waals surface area contributed by atoms with Gasteiger partial charge in [0.2, 0.25) is 0 Å². The Kier molecular flexibility index (Phi) is 8.28. The van der Waals surface area contributed by atoms with Crippen molar-refractivity contribution in [1.29, 1.82) is 0 Å². The first-order chi connectivity index (χ1) is 13.8. The summed E-state index contributed by atoms with van der Waals surface area (Å²) in [5.41, 5.74) is 12.7. The number of rotatable bonds is 7. The molecule has 0 amide bonds. The maximum Gasteiger partial charge on any atom is 0.320 e. The SMILES string of the molecule is NC(CC1CCCN1N)C(=O)O.N[C@@H](Cc1ccc(-c2ncc[nH]2)cc1)C(=O)O. The molecule has 0 radical (unpaired) electrons. The van der Waals surface area contributed by atoms with Crippen LogP contribution in [-0.2, 0) is 16.0 Å². The Morgan fingerprint density at radius 3 is 2.31 bits per heavy atom. The van der Waals surface area contributed by atoms with E-state index >= 15 is 0 Å². The molecule has 10 nitrogen and oxygen atoms in total. The second-order valence-corrected chi connectivity index (χ2v) is 7.00. The number of nitrogens with zero attached hydrogens (tertiary/aromatic N) is 2. The highest BCUT2D eigenvalue weighted by Gasteiger charge is 2.26. The second kappa shape index (κ2) is 10.7. The minimum absolute atomic E-state index is 0.149. The molecule has 1 aromatic carbocycles. The van der Waals surface area contributed by atoms with Crippen LogP contribution in [0.15, 0.2) is 36.7 Å². The molecule has 29 heavy (non-hydrogen) atoms. The first-order valence-electron chi connectivity index (χ1n) is 9.34. The molecule has 9 N–H and O–H groups in total. The average molecular weight is 404 g/mol. The fraction of sp³-hybridized carbons (Fsp3) is 0.421. The van der Waals surface area contributed by atoms with Crippen molar-refractivity contribution in [2.45, 2.75) is 43.8 Å². The molecule has 0 saturated carbocycles. The van der Waals surface area contributed by atoms with Crippen LogP contribution in [0.25, 0.3) is 11.4 Å². The highest BCUT2D eigenvalue weighted by molar-refractivity contribution is 5.73. The molecule has 2 heterocycles. The second-order valence-electron chi connectivity index (χ2n) is 7.00. The Hall–Kier alpha value is -2.79. The number of imidazole rings is 1. The smallest absolute Gasteiger partial charge is 0.320 e. The third kappa shape index (κ3) is 6.95. The van der Waals surface area contributed by atoms with Crippen LogP contribution in [0.3, 0.4) is 0 Å². The van der Waals surface area contributed by atoms with Gasteiger partial charge in [0.25, 0.3) is 0 Å². The van der Waals surface area contributed by atoms with Gasteiger partial charge < -0.3 is 26.7 Å².